The van der Waals surface area contributed by atoms with E-state index in [2.05, 4.69) is 25.0 Å². The molecule has 0 unspecified atom stereocenters. The Morgan fingerprint density at radius 2 is 1.84 bits per heavy atom. The highest BCUT2D eigenvalue weighted by molar-refractivity contribution is 7.98. The Kier molecular flexibility index (Phi) is 4.43. The SMILES string of the molecule is Cc1nc2c3ccccc3nc(SCc3nc4cc(C(F)(F)F)ccc4c(=O)[nH]3)n2n1. The molecule has 0 aliphatic rings. The predicted octanol–water partition coefficient (Wildman–Crippen LogP) is 4.13. The van der Waals surface area contributed by atoms with E-state index >= 15 is 0 Å². The third-order valence-electron chi connectivity index (χ3n) is 4.68. The third kappa shape index (κ3) is 3.50. The lowest BCUT2D eigenvalue weighted by molar-refractivity contribution is -0.137. The van der Waals surface area contributed by atoms with Crippen molar-refractivity contribution in [3.8, 4) is 0 Å². The molecule has 2 aromatic carbocycles. The van der Waals surface area contributed by atoms with E-state index < -0.39 is 17.3 Å². The Morgan fingerprint density at radius 3 is 2.65 bits per heavy atom. The molecule has 156 valence electrons. The number of para-hydroxylation sites is 1. The maximum Gasteiger partial charge on any atom is 0.416 e. The van der Waals surface area contributed by atoms with Crippen LogP contribution in [0.1, 0.15) is 17.2 Å². The number of H-pyrrole nitrogens is 1. The van der Waals surface area contributed by atoms with Gasteiger partial charge in [0.05, 0.1) is 27.7 Å². The summed E-state index contributed by atoms with van der Waals surface area (Å²) in [4.78, 5) is 28.3. The number of rotatable bonds is 3. The molecule has 5 rings (SSSR count). The van der Waals surface area contributed by atoms with Gasteiger partial charge in [-0.2, -0.15) is 17.7 Å². The smallest absolute Gasteiger partial charge is 0.309 e. The van der Waals surface area contributed by atoms with Crippen LogP contribution >= 0.6 is 11.8 Å². The highest BCUT2D eigenvalue weighted by atomic mass is 32.2. The van der Waals surface area contributed by atoms with Gasteiger partial charge in [0.15, 0.2) is 10.8 Å². The summed E-state index contributed by atoms with van der Waals surface area (Å²) >= 11 is 1.25. The maximum absolute atomic E-state index is 13.0. The van der Waals surface area contributed by atoms with E-state index in [0.717, 1.165) is 29.1 Å². The van der Waals surface area contributed by atoms with E-state index in [0.29, 0.717) is 16.6 Å². The van der Waals surface area contributed by atoms with Gasteiger partial charge in [0.1, 0.15) is 11.6 Å². The molecule has 0 aliphatic carbocycles. The molecular weight excluding hydrogens is 429 g/mol. The molecule has 0 spiro atoms. The molecule has 0 saturated heterocycles. The minimum absolute atomic E-state index is 0.0117. The number of halogens is 3. The summed E-state index contributed by atoms with van der Waals surface area (Å²) in [6.45, 7) is 1.77. The average Bonchev–Trinajstić information content (AvgIpc) is 3.13. The first-order valence-corrected chi connectivity index (χ1v) is 10.1. The Hall–Kier alpha value is -3.47. The third-order valence-corrected chi connectivity index (χ3v) is 5.62. The molecule has 0 atom stereocenters. The molecule has 0 fully saturated rings. The van der Waals surface area contributed by atoms with Gasteiger partial charge in [0.2, 0.25) is 0 Å². The largest absolute Gasteiger partial charge is 0.416 e. The fourth-order valence-corrected chi connectivity index (χ4v) is 4.11. The van der Waals surface area contributed by atoms with Crippen molar-refractivity contribution >= 4 is 39.2 Å². The Labute approximate surface area is 176 Å². The van der Waals surface area contributed by atoms with Crippen LogP contribution in [0.3, 0.4) is 0 Å². The van der Waals surface area contributed by atoms with Crippen LogP contribution in [0, 0.1) is 6.92 Å². The van der Waals surface area contributed by atoms with Crippen molar-refractivity contribution in [1.82, 2.24) is 29.5 Å². The van der Waals surface area contributed by atoms with Crippen LogP contribution in [-0.4, -0.2) is 29.5 Å². The van der Waals surface area contributed by atoms with Crippen molar-refractivity contribution < 1.29 is 13.2 Å². The highest BCUT2D eigenvalue weighted by Crippen LogP contribution is 2.31. The van der Waals surface area contributed by atoms with Gasteiger partial charge in [-0.15, -0.1) is 5.10 Å². The van der Waals surface area contributed by atoms with Gasteiger partial charge in [-0.05, 0) is 37.3 Å². The molecule has 0 radical (unpaired) electrons. The Morgan fingerprint density at radius 1 is 1.03 bits per heavy atom. The summed E-state index contributed by atoms with van der Waals surface area (Å²) in [5.41, 5.74) is 0.0256. The van der Waals surface area contributed by atoms with Crippen LogP contribution in [0.5, 0.6) is 0 Å². The van der Waals surface area contributed by atoms with Gasteiger partial charge in [-0.25, -0.2) is 15.0 Å². The van der Waals surface area contributed by atoms with Gasteiger partial charge < -0.3 is 4.98 Å². The molecule has 0 amide bonds. The molecule has 5 aromatic rings. The lowest BCUT2D eigenvalue weighted by Crippen LogP contribution is -2.13. The molecular formula is C20H13F3N6OS. The summed E-state index contributed by atoms with van der Waals surface area (Å²) in [6.07, 6.45) is -4.51. The number of aromatic amines is 1. The number of benzene rings is 2. The quantitative estimate of drug-likeness (QED) is 0.334. The van der Waals surface area contributed by atoms with Crippen molar-refractivity contribution in [2.75, 3.05) is 0 Å². The van der Waals surface area contributed by atoms with Crippen LogP contribution in [0.2, 0.25) is 0 Å². The molecule has 3 aromatic heterocycles. The van der Waals surface area contributed by atoms with Crippen LogP contribution < -0.4 is 5.56 Å². The van der Waals surface area contributed by atoms with Crippen LogP contribution in [-0.2, 0) is 11.9 Å². The predicted molar refractivity (Wildman–Crippen MR) is 110 cm³/mol. The number of alkyl halides is 3. The van der Waals surface area contributed by atoms with E-state index in [1.54, 1.807) is 11.4 Å². The fraction of sp³-hybridized carbons (Fsp3) is 0.150. The summed E-state index contributed by atoms with van der Waals surface area (Å²) < 4.78 is 40.7. The summed E-state index contributed by atoms with van der Waals surface area (Å²) in [5, 5.41) is 5.86. The number of fused-ring (bicyclic) bond motifs is 4. The second kappa shape index (κ2) is 7.05. The van der Waals surface area contributed by atoms with Gasteiger partial charge in [0, 0.05) is 5.39 Å². The number of aromatic nitrogens is 6. The molecule has 7 nitrogen and oxygen atoms in total. The van der Waals surface area contributed by atoms with Crippen LogP contribution in [0.4, 0.5) is 13.2 Å². The first-order chi connectivity index (χ1) is 14.8. The standard InChI is InChI=1S/C20H13F3N6OS/c1-10-24-17-12-4-2-3-5-14(12)26-19(29(17)28-10)31-9-16-25-15-8-11(20(21,22)23)6-7-13(15)18(30)27-16/h2-8H,9H2,1H3,(H,25,27,30). The van der Waals surface area contributed by atoms with Crippen molar-refractivity contribution in [2.45, 2.75) is 24.0 Å². The van der Waals surface area contributed by atoms with Crippen molar-refractivity contribution in [3.05, 3.63) is 70.0 Å². The monoisotopic (exact) mass is 442 g/mol. The van der Waals surface area contributed by atoms with Gasteiger partial charge >= 0.3 is 6.18 Å². The van der Waals surface area contributed by atoms with Gasteiger partial charge in [-0.1, -0.05) is 23.9 Å². The zero-order valence-electron chi connectivity index (χ0n) is 15.9. The molecule has 0 saturated carbocycles. The van der Waals surface area contributed by atoms with E-state index in [1.807, 2.05) is 24.3 Å². The molecule has 0 bridgehead atoms. The number of nitrogens with zero attached hydrogens (tertiary/aromatic N) is 5. The Balaban J connectivity index is 1.54. The summed E-state index contributed by atoms with van der Waals surface area (Å²) in [5.74, 6) is 1.000. The van der Waals surface area contributed by atoms with Gasteiger partial charge in [0.25, 0.3) is 5.56 Å². The van der Waals surface area contributed by atoms with E-state index in [9.17, 15) is 18.0 Å². The number of thioether (sulfide) groups is 1. The molecule has 0 aliphatic heterocycles. The van der Waals surface area contributed by atoms with Crippen LogP contribution in [0.15, 0.2) is 52.4 Å². The summed E-state index contributed by atoms with van der Waals surface area (Å²) in [7, 11) is 0. The van der Waals surface area contributed by atoms with Crippen molar-refractivity contribution in [1.29, 1.82) is 0 Å². The number of hydrogen-bond donors (Lipinski definition) is 1. The second-order valence-corrected chi connectivity index (χ2v) is 7.78. The van der Waals surface area contributed by atoms with Gasteiger partial charge in [-0.3, -0.25) is 4.79 Å². The normalized spacial score (nSPS) is 12.3. The van der Waals surface area contributed by atoms with Crippen LogP contribution in [0.25, 0.3) is 27.5 Å². The molecule has 1 N–H and O–H groups in total. The van der Waals surface area contributed by atoms with Crippen molar-refractivity contribution in [3.63, 3.8) is 0 Å². The zero-order chi connectivity index (χ0) is 21.8. The Bertz CT molecular complexity index is 1530. The maximum atomic E-state index is 13.0. The van der Waals surface area contributed by atoms with Crippen molar-refractivity contribution in [2.24, 2.45) is 0 Å². The molecule has 31 heavy (non-hydrogen) atoms. The lowest BCUT2D eigenvalue weighted by atomic mass is 10.1. The zero-order valence-corrected chi connectivity index (χ0v) is 16.8. The molecule has 11 heteroatoms. The average molecular weight is 442 g/mol. The first-order valence-electron chi connectivity index (χ1n) is 9.15. The second-order valence-electron chi connectivity index (χ2n) is 6.84. The topological polar surface area (TPSA) is 88.8 Å². The van der Waals surface area contributed by atoms with E-state index in [4.69, 9.17) is 0 Å². The summed E-state index contributed by atoms with van der Waals surface area (Å²) in [6, 6.07) is 10.4. The fourth-order valence-electron chi connectivity index (χ4n) is 3.29. The minimum Gasteiger partial charge on any atom is -0.309 e. The highest BCUT2D eigenvalue weighted by Gasteiger charge is 2.30. The van der Waals surface area contributed by atoms with E-state index in [1.165, 1.54) is 11.8 Å². The van der Waals surface area contributed by atoms with E-state index in [-0.39, 0.29) is 22.5 Å². The first kappa shape index (κ1) is 19.5. The minimum atomic E-state index is -4.51. The number of hydrogen-bond acceptors (Lipinski definition) is 6. The molecule has 3 heterocycles. The lowest BCUT2D eigenvalue weighted by Gasteiger charge is -2.08. The number of aryl methyl sites for hydroxylation is 1. The number of nitrogens with one attached hydrogen (secondary N) is 1.